The number of hydrogen-bond acceptors (Lipinski definition) is 6. The van der Waals surface area contributed by atoms with Crippen molar-refractivity contribution in [2.24, 2.45) is 0 Å². The molecule has 3 aromatic carbocycles. The number of phenolic OH excluding ortho intramolecular Hbond substituents is 1. The maximum Gasteiger partial charge on any atom is 0.408 e. The van der Waals surface area contributed by atoms with Gasteiger partial charge in [0.1, 0.15) is 23.4 Å². The van der Waals surface area contributed by atoms with Crippen LogP contribution in [0.2, 0.25) is 0 Å². The maximum atomic E-state index is 14.4. The standard InChI is InChI=1S/C34H43N3O6/c1-21-17-22(2)19-26(18-21)30(31(40)36-29-23(3)9-8-10-24(29)4)37(15-16-38)32(41)28(35-33(42)43-34(5,6)7)20-25-11-13-27(39)14-12-25/h8-14,17-19,28,30,38-39H,15-16,20H2,1-7H3,(H,35,42)(H,36,40). The number of para-hydroxylation sites is 1. The van der Waals surface area contributed by atoms with E-state index in [-0.39, 0.29) is 18.7 Å². The van der Waals surface area contributed by atoms with E-state index in [0.29, 0.717) is 16.8 Å². The van der Waals surface area contributed by atoms with Crippen LogP contribution in [-0.4, -0.2) is 57.8 Å². The van der Waals surface area contributed by atoms with Gasteiger partial charge in [-0.25, -0.2) is 4.79 Å². The number of amides is 3. The zero-order valence-corrected chi connectivity index (χ0v) is 26.0. The number of nitrogens with one attached hydrogen (secondary N) is 2. The first-order valence-electron chi connectivity index (χ1n) is 14.3. The van der Waals surface area contributed by atoms with Gasteiger partial charge in [-0.05, 0) is 82.9 Å². The summed E-state index contributed by atoms with van der Waals surface area (Å²) in [5.74, 6) is -0.967. The van der Waals surface area contributed by atoms with Crippen LogP contribution in [0.25, 0.3) is 0 Å². The Bertz CT molecular complexity index is 1400. The fourth-order valence-corrected chi connectivity index (χ4v) is 5.04. The molecule has 0 aliphatic heterocycles. The summed E-state index contributed by atoms with van der Waals surface area (Å²) in [6.07, 6.45) is -0.741. The Morgan fingerprint density at radius 2 is 1.49 bits per heavy atom. The van der Waals surface area contributed by atoms with Crippen molar-refractivity contribution < 1.29 is 29.3 Å². The summed E-state index contributed by atoms with van der Waals surface area (Å²) in [6, 6.07) is 15.4. The van der Waals surface area contributed by atoms with Crippen molar-refractivity contribution in [3.8, 4) is 5.75 Å². The fourth-order valence-electron chi connectivity index (χ4n) is 5.04. The lowest BCUT2D eigenvalue weighted by atomic mass is 9.97. The highest BCUT2D eigenvalue weighted by atomic mass is 16.6. The molecule has 0 aliphatic rings. The van der Waals surface area contributed by atoms with Crippen LogP contribution in [0.4, 0.5) is 10.5 Å². The molecule has 2 unspecified atom stereocenters. The molecule has 3 rings (SSSR count). The van der Waals surface area contributed by atoms with Gasteiger partial charge in [-0.15, -0.1) is 0 Å². The van der Waals surface area contributed by atoms with Gasteiger partial charge in [-0.1, -0.05) is 59.7 Å². The molecule has 0 aromatic heterocycles. The minimum Gasteiger partial charge on any atom is -0.508 e. The van der Waals surface area contributed by atoms with E-state index in [9.17, 15) is 24.6 Å². The Morgan fingerprint density at radius 1 is 0.907 bits per heavy atom. The third kappa shape index (κ3) is 9.31. The predicted molar refractivity (Wildman–Crippen MR) is 167 cm³/mol. The summed E-state index contributed by atoms with van der Waals surface area (Å²) in [4.78, 5) is 42.8. The number of aryl methyl sites for hydroxylation is 4. The van der Waals surface area contributed by atoms with Gasteiger partial charge in [0.2, 0.25) is 5.91 Å². The van der Waals surface area contributed by atoms with Crippen molar-refractivity contribution in [1.82, 2.24) is 10.2 Å². The van der Waals surface area contributed by atoms with E-state index in [1.54, 1.807) is 32.9 Å². The summed E-state index contributed by atoms with van der Waals surface area (Å²) < 4.78 is 5.45. The first-order valence-corrected chi connectivity index (χ1v) is 14.3. The van der Waals surface area contributed by atoms with Crippen LogP contribution >= 0.6 is 0 Å². The first kappa shape index (κ1) is 33.1. The number of carbonyl (C=O) groups excluding carboxylic acids is 3. The van der Waals surface area contributed by atoms with E-state index in [2.05, 4.69) is 10.6 Å². The van der Waals surface area contributed by atoms with Gasteiger partial charge in [-0.2, -0.15) is 0 Å². The number of aliphatic hydroxyl groups is 1. The van der Waals surface area contributed by atoms with Crippen LogP contribution in [0.15, 0.2) is 60.7 Å². The lowest BCUT2D eigenvalue weighted by Crippen LogP contribution is -2.54. The van der Waals surface area contributed by atoms with Crippen molar-refractivity contribution in [1.29, 1.82) is 0 Å². The number of rotatable bonds is 10. The second kappa shape index (κ2) is 14.2. The van der Waals surface area contributed by atoms with E-state index in [1.807, 2.05) is 64.1 Å². The fraction of sp³-hybridized carbons (Fsp3) is 0.382. The molecule has 0 saturated carbocycles. The number of alkyl carbamates (subject to hydrolysis) is 1. The Kier molecular flexibility index (Phi) is 10.9. The van der Waals surface area contributed by atoms with Crippen LogP contribution in [-0.2, 0) is 20.7 Å². The molecule has 0 bridgehead atoms. The van der Waals surface area contributed by atoms with Crippen LogP contribution < -0.4 is 10.6 Å². The molecule has 2 atom stereocenters. The van der Waals surface area contributed by atoms with Gasteiger partial charge in [0, 0.05) is 18.7 Å². The third-order valence-electron chi connectivity index (χ3n) is 6.84. The first-order chi connectivity index (χ1) is 20.2. The van der Waals surface area contributed by atoms with Crippen LogP contribution in [0.5, 0.6) is 5.75 Å². The van der Waals surface area contributed by atoms with Gasteiger partial charge in [-0.3, -0.25) is 9.59 Å². The number of hydrogen-bond donors (Lipinski definition) is 4. The predicted octanol–water partition coefficient (Wildman–Crippen LogP) is 5.26. The van der Waals surface area contributed by atoms with Crippen LogP contribution in [0.3, 0.4) is 0 Å². The molecule has 9 nitrogen and oxygen atoms in total. The van der Waals surface area contributed by atoms with Gasteiger partial charge in [0.15, 0.2) is 0 Å². The monoisotopic (exact) mass is 589 g/mol. The van der Waals surface area contributed by atoms with Gasteiger partial charge < -0.3 is 30.5 Å². The van der Waals surface area contributed by atoms with Crippen molar-refractivity contribution in [2.75, 3.05) is 18.5 Å². The van der Waals surface area contributed by atoms with Crippen LogP contribution in [0, 0.1) is 27.7 Å². The Hall–Kier alpha value is -4.37. The normalized spacial score (nSPS) is 12.7. The van der Waals surface area contributed by atoms with E-state index >= 15 is 0 Å². The van der Waals surface area contributed by atoms with Crippen molar-refractivity contribution in [3.05, 3.63) is 94.0 Å². The highest BCUT2D eigenvalue weighted by Crippen LogP contribution is 2.28. The molecule has 4 N–H and O–H groups in total. The van der Waals surface area contributed by atoms with Gasteiger partial charge in [0.05, 0.1) is 6.61 Å². The molecular formula is C34H43N3O6. The molecule has 3 amide bonds. The number of nitrogens with zero attached hydrogens (tertiary/aromatic N) is 1. The molecule has 0 radical (unpaired) electrons. The number of anilines is 1. The lowest BCUT2D eigenvalue weighted by molar-refractivity contribution is -0.141. The largest absolute Gasteiger partial charge is 0.508 e. The Morgan fingerprint density at radius 3 is 2.02 bits per heavy atom. The summed E-state index contributed by atoms with van der Waals surface area (Å²) in [5, 5.41) is 25.6. The minimum absolute atomic E-state index is 0.0539. The number of carbonyl (C=O) groups is 3. The number of benzene rings is 3. The highest BCUT2D eigenvalue weighted by molar-refractivity contribution is 6.00. The maximum absolute atomic E-state index is 14.4. The van der Waals surface area contributed by atoms with Crippen molar-refractivity contribution in [3.63, 3.8) is 0 Å². The average Bonchev–Trinajstić information content (AvgIpc) is 2.89. The second-order valence-corrected chi connectivity index (χ2v) is 11.9. The summed E-state index contributed by atoms with van der Waals surface area (Å²) >= 11 is 0. The molecule has 230 valence electrons. The molecule has 0 spiro atoms. The quantitative estimate of drug-likeness (QED) is 0.255. The number of ether oxygens (including phenoxy) is 1. The van der Waals surface area contributed by atoms with Crippen molar-refractivity contribution in [2.45, 2.75) is 72.6 Å². The van der Waals surface area contributed by atoms with E-state index < -0.39 is 42.2 Å². The molecular weight excluding hydrogens is 546 g/mol. The lowest BCUT2D eigenvalue weighted by Gasteiger charge is -2.34. The molecule has 0 heterocycles. The van der Waals surface area contributed by atoms with Gasteiger partial charge in [0.25, 0.3) is 5.91 Å². The summed E-state index contributed by atoms with van der Waals surface area (Å²) in [5.41, 5.74) is 4.61. The topological polar surface area (TPSA) is 128 Å². The Labute approximate surface area is 253 Å². The molecule has 43 heavy (non-hydrogen) atoms. The minimum atomic E-state index is -1.15. The number of phenols is 1. The molecule has 0 fully saturated rings. The smallest absolute Gasteiger partial charge is 0.408 e. The highest BCUT2D eigenvalue weighted by Gasteiger charge is 2.36. The average molecular weight is 590 g/mol. The van der Waals surface area contributed by atoms with E-state index in [4.69, 9.17) is 4.74 Å². The molecule has 0 aliphatic carbocycles. The van der Waals surface area contributed by atoms with E-state index in [1.165, 1.54) is 17.0 Å². The third-order valence-corrected chi connectivity index (χ3v) is 6.84. The summed E-state index contributed by atoms with van der Waals surface area (Å²) in [6.45, 7) is 12.2. The number of aromatic hydroxyl groups is 1. The zero-order valence-electron chi connectivity index (χ0n) is 26.0. The second-order valence-electron chi connectivity index (χ2n) is 11.9. The SMILES string of the molecule is Cc1cc(C)cc(C(C(=O)Nc2c(C)cccc2C)N(CCO)C(=O)C(Cc2ccc(O)cc2)NC(=O)OC(C)(C)C)c1. The molecule has 9 heteroatoms. The van der Waals surface area contributed by atoms with Crippen LogP contribution in [0.1, 0.15) is 60.2 Å². The zero-order chi connectivity index (χ0) is 31.9. The van der Waals surface area contributed by atoms with Gasteiger partial charge >= 0.3 is 6.09 Å². The molecule has 3 aromatic rings. The summed E-state index contributed by atoms with van der Waals surface area (Å²) in [7, 11) is 0. The van der Waals surface area contributed by atoms with E-state index in [0.717, 1.165) is 22.3 Å². The number of aliphatic hydroxyl groups excluding tert-OH is 1. The van der Waals surface area contributed by atoms with Crippen molar-refractivity contribution >= 4 is 23.6 Å². The molecule has 0 saturated heterocycles. The Balaban J connectivity index is 2.10.